The Labute approximate surface area is 92.7 Å². The molecule has 80 valence electrons. The fraction of sp³-hybridized carbons (Fsp3) is 0.600. The smallest absolute Gasteiger partial charge is 0.00748 e. The van der Waals surface area contributed by atoms with Crippen LogP contribution in [0.15, 0.2) is 30.3 Å². The van der Waals surface area contributed by atoms with Gasteiger partial charge in [0.1, 0.15) is 0 Å². The van der Waals surface area contributed by atoms with Crippen molar-refractivity contribution >= 4 is 0 Å². The van der Waals surface area contributed by atoms with Gasteiger partial charge < -0.3 is 0 Å². The Morgan fingerprint density at radius 3 is 1.87 bits per heavy atom. The summed E-state index contributed by atoms with van der Waals surface area (Å²) in [7, 11) is 0. The van der Waals surface area contributed by atoms with Gasteiger partial charge in [0, 0.05) is 0 Å². The second kappa shape index (κ2) is 3.10. The first-order valence-electron chi connectivity index (χ1n) is 6.28. The lowest BCUT2D eigenvalue weighted by molar-refractivity contribution is 0.231. The molecule has 2 aliphatic rings. The molecule has 0 N–H and O–H groups in total. The third-order valence-electron chi connectivity index (χ3n) is 4.84. The highest BCUT2D eigenvalue weighted by Gasteiger charge is 2.47. The van der Waals surface area contributed by atoms with Crippen LogP contribution in [0.3, 0.4) is 0 Å². The molecule has 0 radical (unpaired) electrons. The molecule has 0 unspecified atom stereocenters. The first kappa shape index (κ1) is 9.45. The first-order valence-corrected chi connectivity index (χ1v) is 6.28. The zero-order valence-electron chi connectivity index (χ0n) is 9.63. The average molecular weight is 200 g/mol. The van der Waals surface area contributed by atoms with Crippen LogP contribution in [-0.2, 0) is 5.41 Å². The third kappa shape index (κ3) is 1.60. The molecule has 0 heterocycles. The molecule has 1 spiro atoms. The molecular weight excluding hydrogens is 180 g/mol. The van der Waals surface area contributed by atoms with Gasteiger partial charge in [-0.2, -0.15) is 0 Å². The van der Waals surface area contributed by atoms with Crippen molar-refractivity contribution in [3.05, 3.63) is 35.9 Å². The molecule has 0 aromatic heterocycles. The summed E-state index contributed by atoms with van der Waals surface area (Å²) in [4.78, 5) is 0. The molecule has 0 bridgehead atoms. The van der Waals surface area contributed by atoms with Crippen molar-refractivity contribution in [2.75, 3.05) is 0 Å². The van der Waals surface area contributed by atoms with Crippen LogP contribution in [0, 0.1) is 5.41 Å². The van der Waals surface area contributed by atoms with Crippen LogP contribution in [0.4, 0.5) is 0 Å². The quantitative estimate of drug-likeness (QED) is 0.634. The summed E-state index contributed by atoms with van der Waals surface area (Å²) in [6.45, 7) is 2.46. The largest absolute Gasteiger partial charge is 0.0622 e. The number of benzene rings is 1. The predicted molar refractivity (Wildman–Crippen MR) is 63.9 cm³/mol. The molecule has 15 heavy (non-hydrogen) atoms. The van der Waals surface area contributed by atoms with Crippen LogP contribution in [-0.4, -0.2) is 0 Å². The lowest BCUT2D eigenvalue weighted by Gasteiger charge is -2.38. The molecule has 0 nitrogen and oxygen atoms in total. The van der Waals surface area contributed by atoms with Crippen LogP contribution in [0.2, 0.25) is 0 Å². The topological polar surface area (TPSA) is 0 Å². The zero-order valence-corrected chi connectivity index (χ0v) is 9.63. The molecule has 0 saturated heterocycles. The van der Waals surface area contributed by atoms with Crippen LogP contribution >= 0.6 is 0 Å². The highest BCUT2D eigenvalue weighted by atomic mass is 14.5. The van der Waals surface area contributed by atoms with Gasteiger partial charge in [-0.25, -0.2) is 0 Å². The molecule has 0 heteroatoms. The van der Waals surface area contributed by atoms with Gasteiger partial charge in [0.15, 0.2) is 0 Å². The van der Waals surface area contributed by atoms with Crippen LogP contribution in [0.25, 0.3) is 0 Å². The predicted octanol–water partition coefficient (Wildman–Crippen LogP) is 4.30. The van der Waals surface area contributed by atoms with E-state index in [1.807, 2.05) is 0 Å². The van der Waals surface area contributed by atoms with Crippen molar-refractivity contribution in [1.82, 2.24) is 0 Å². The molecule has 3 rings (SSSR count). The fourth-order valence-electron chi connectivity index (χ4n) is 3.14. The van der Waals surface area contributed by atoms with E-state index in [0.29, 0.717) is 5.41 Å². The summed E-state index contributed by atoms with van der Waals surface area (Å²) in [5.74, 6) is 0. The Morgan fingerprint density at radius 1 is 0.800 bits per heavy atom. The summed E-state index contributed by atoms with van der Waals surface area (Å²) in [5, 5.41) is 0. The fourth-order valence-corrected chi connectivity index (χ4v) is 3.14. The highest BCUT2D eigenvalue weighted by molar-refractivity contribution is 5.25. The lowest BCUT2D eigenvalue weighted by atomic mass is 9.67. The van der Waals surface area contributed by atoms with E-state index in [-0.39, 0.29) is 0 Å². The normalized spacial score (nSPS) is 26.5. The van der Waals surface area contributed by atoms with Crippen molar-refractivity contribution < 1.29 is 0 Å². The van der Waals surface area contributed by atoms with Crippen LogP contribution in [0.5, 0.6) is 0 Å². The van der Waals surface area contributed by atoms with E-state index in [1.54, 1.807) is 5.56 Å². The SMILES string of the molecule is CC1(c2ccccc2)CCC2(CC2)CC1. The molecule has 0 amide bonds. The standard InChI is InChI=1S/C15H20/c1-14(13-5-3-2-4-6-13)7-9-15(10-8-14)11-12-15/h2-6H,7-12H2,1H3. The van der Waals surface area contributed by atoms with E-state index < -0.39 is 0 Å². The van der Waals surface area contributed by atoms with Gasteiger partial charge in [-0.1, -0.05) is 37.3 Å². The van der Waals surface area contributed by atoms with E-state index >= 15 is 0 Å². The Bertz CT molecular complexity index is 336. The van der Waals surface area contributed by atoms with Crippen molar-refractivity contribution in [2.45, 2.75) is 50.9 Å². The minimum atomic E-state index is 0.467. The molecule has 2 saturated carbocycles. The second-order valence-corrected chi connectivity index (χ2v) is 5.93. The highest BCUT2D eigenvalue weighted by Crippen LogP contribution is 2.59. The maximum absolute atomic E-state index is 2.46. The average Bonchev–Trinajstić information content (AvgIpc) is 3.05. The molecule has 2 aliphatic carbocycles. The summed E-state index contributed by atoms with van der Waals surface area (Å²) in [6.07, 6.45) is 8.76. The number of hydrogen-bond acceptors (Lipinski definition) is 0. The Balaban J connectivity index is 1.80. The molecule has 0 aliphatic heterocycles. The minimum Gasteiger partial charge on any atom is -0.0622 e. The lowest BCUT2D eigenvalue weighted by Crippen LogP contribution is -2.29. The number of hydrogen-bond donors (Lipinski definition) is 0. The second-order valence-electron chi connectivity index (χ2n) is 5.93. The van der Waals surface area contributed by atoms with Crippen molar-refractivity contribution in [1.29, 1.82) is 0 Å². The van der Waals surface area contributed by atoms with E-state index in [4.69, 9.17) is 0 Å². The molecule has 1 aromatic carbocycles. The summed E-state index contributed by atoms with van der Waals surface area (Å²) in [5.41, 5.74) is 2.84. The zero-order chi connectivity index (χ0) is 10.4. The maximum Gasteiger partial charge on any atom is -0.00748 e. The van der Waals surface area contributed by atoms with Gasteiger partial charge >= 0.3 is 0 Å². The van der Waals surface area contributed by atoms with Gasteiger partial charge in [-0.15, -0.1) is 0 Å². The van der Waals surface area contributed by atoms with Crippen LogP contribution < -0.4 is 0 Å². The Morgan fingerprint density at radius 2 is 1.33 bits per heavy atom. The van der Waals surface area contributed by atoms with E-state index in [1.165, 1.54) is 38.5 Å². The maximum atomic E-state index is 2.46. The summed E-state index contributed by atoms with van der Waals surface area (Å²) < 4.78 is 0. The van der Waals surface area contributed by atoms with E-state index in [0.717, 1.165) is 5.41 Å². The van der Waals surface area contributed by atoms with Gasteiger partial charge in [0.05, 0.1) is 0 Å². The van der Waals surface area contributed by atoms with Crippen LogP contribution in [0.1, 0.15) is 51.0 Å². The van der Waals surface area contributed by atoms with Crippen molar-refractivity contribution in [3.8, 4) is 0 Å². The van der Waals surface area contributed by atoms with Crippen molar-refractivity contribution in [3.63, 3.8) is 0 Å². The number of rotatable bonds is 1. The first-order chi connectivity index (χ1) is 7.23. The van der Waals surface area contributed by atoms with E-state index in [2.05, 4.69) is 37.3 Å². The monoisotopic (exact) mass is 200 g/mol. The molecular formula is C15H20. The minimum absolute atomic E-state index is 0.467. The Kier molecular flexibility index (Phi) is 1.95. The van der Waals surface area contributed by atoms with E-state index in [9.17, 15) is 0 Å². The Hall–Kier alpha value is -0.780. The summed E-state index contributed by atoms with van der Waals surface area (Å²) >= 11 is 0. The summed E-state index contributed by atoms with van der Waals surface area (Å²) in [6, 6.07) is 11.1. The third-order valence-corrected chi connectivity index (χ3v) is 4.84. The van der Waals surface area contributed by atoms with Gasteiger partial charge in [0.25, 0.3) is 0 Å². The van der Waals surface area contributed by atoms with Crippen molar-refractivity contribution in [2.24, 2.45) is 5.41 Å². The molecule has 1 aromatic rings. The van der Waals surface area contributed by atoms with Gasteiger partial charge in [0.2, 0.25) is 0 Å². The molecule has 0 atom stereocenters. The molecule has 2 fully saturated rings. The van der Waals surface area contributed by atoms with Gasteiger partial charge in [-0.3, -0.25) is 0 Å². The van der Waals surface area contributed by atoms with Gasteiger partial charge in [-0.05, 0) is 54.9 Å².